The lowest BCUT2D eigenvalue weighted by Gasteiger charge is -2.40. The average Bonchev–Trinajstić information content (AvgIpc) is 3.33. The van der Waals surface area contributed by atoms with Crippen LogP contribution in [0.3, 0.4) is 0 Å². The van der Waals surface area contributed by atoms with Crippen molar-refractivity contribution in [1.82, 2.24) is 9.21 Å². The number of carbonyl (C=O) groups excluding carboxylic acids is 2. The van der Waals surface area contributed by atoms with Crippen LogP contribution < -0.4 is 4.90 Å². The molecule has 2 aliphatic rings. The molecule has 1 aromatic carbocycles. The molecule has 2 unspecified atom stereocenters. The second-order valence-electron chi connectivity index (χ2n) is 10.9. The molecule has 0 radical (unpaired) electrons. The Bertz CT molecular complexity index is 1390. The maximum Gasteiger partial charge on any atom is 0.418 e. The number of anilines is 1. The number of piperidine rings is 1. The van der Waals surface area contributed by atoms with Crippen LogP contribution in [0.4, 0.5) is 28.0 Å². The number of hydrogen-bond acceptors (Lipinski definition) is 7. The summed E-state index contributed by atoms with van der Waals surface area (Å²) in [4.78, 5) is 28.5. The Morgan fingerprint density at radius 3 is 2.38 bits per heavy atom. The van der Waals surface area contributed by atoms with Gasteiger partial charge in [0.2, 0.25) is 0 Å². The Kier molecular flexibility index (Phi) is 8.27. The van der Waals surface area contributed by atoms with E-state index in [4.69, 9.17) is 4.74 Å². The van der Waals surface area contributed by atoms with Gasteiger partial charge in [-0.1, -0.05) is 0 Å². The smallest absolute Gasteiger partial charge is 0.418 e. The van der Waals surface area contributed by atoms with Gasteiger partial charge in [0.25, 0.3) is 10.0 Å². The van der Waals surface area contributed by atoms with Crippen molar-refractivity contribution in [3.63, 3.8) is 0 Å². The normalized spacial score (nSPS) is 21.6. The molecule has 220 valence electrons. The van der Waals surface area contributed by atoms with Crippen LogP contribution in [0.1, 0.15) is 50.5 Å². The highest BCUT2D eigenvalue weighted by Crippen LogP contribution is 2.39. The fourth-order valence-corrected chi connectivity index (χ4v) is 8.14. The van der Waals surface area contributed by atoms with Gasteiger partial charge in [0.05, 0.1) is 18.0 Å². The van der Waals surface area contributed by atoms with Crippen LogP contribution in [0, 0.1) is 5.82 Å². The standard InChI is InChI=1S/C26H31F4N3O5S2/c1-16-14-31(20-6-5-17(27)13-19(20)26(28,29)30)11-12-33(16)40(36,37)23-8-7-22(39-23)18-9-10-32(15-21(18)34)24(35)38-25(2,3)4/h5-8,13,16,18H,9-12,14-15H2,1-4H3. The molecule has 8 nitrogen and oxygen atoms in total. The fourth-order valence-electron chi connectivity index (χ4n) is 4.91. The molecule has 0 spiro atoms. The molecule has 1 aromatic heterocycles. The van der Waals surface area contributed by atoms with E-state index in [0.29, 0.717) is 17.4 Å². The van der Waals surface area contributed by atoms with E-state index in [2.05, 4.69) is 0 Å². The summed E-state index contributed by atoms with van der Waals surface area (Å²) in [5, 5.41) is 0. The van der Waals surface area contributed by atoms with Crippen molar-refractivity contribution < 1.29 is 40.3 Å². The largest absolute Gasteiger partial charge is 0.444 e. The van der Waals surface area contributed by atoms with E-state index in [-0.39, 0.29) is 48.4 Å². The molecule has 4 rings (SSSR count). The summed E-state index contributed by atoms with van der Waals surface area (Å²) in [5.74, 6) is -1.78. The summed E-state index contributed by atoms with van der Waals surface area (Å²) in [7, 11) is -3.99. The van der Waals surface area contributed by atoms with Crippen LogP contribution in [0.15, 0.2) is 34.5 Å². The van der Waals surface area contributed by atoms with Crippen LogP contribution in [0.2, 0.25) is 0 Å². The quantitative estimate of drug-likeness (QED) is 0.451. The van der Waals surface area contributed by atoms with Crippen LogP contribution >= 0.6 is 11.3 Å². The van der Waals surface area contributed by atoms with Crippen molar-refractivity contribution in [1.29, 1.82) is 0 Å². The number of thiophene rings is 1. The first-order valence-electron chi connectivity index (χ1n) is 12.7. The number of Topliss-reactive ketones (excluding diaryl/α,β-unsaturated/α-hetero) is 1. The molecule has 2 fully saturated rings. The first kappa shape index (κ1) is 30.3. The number of nitrogens with zero attached hydrogens (tertiary/aromatic N) is 3. The monoisotopic (exact) mass is 605 g/mol. The van der Waals surface area contributed by atoms with E-state index >= 15 is 0 Å². The minimum absolute atomic E-state index is 0.0157. The zero-order valence-electron chi connectivity index (χ0n) is 22.5. The van der Waals surface area contributed by atoms with Gasteiger partial charge in [-0.05, 0) is 64.4 Å². The number of ketones is 1. The van der Waals surface area contributed by atoms with Crippen molar-refractivity contribution in [3.05, 3.63) is 46.6 Å². The number of rotatable bonds is 4. The molecule has 0 bridgehead atoms. The van der Waals surface area contributed by atoms with Crippen molar-refractivity contribution >= 4 is 38.9 Å². The second kappa shape index (κ2) is 10.9. The minimum Gasteiger partial charge on any atom is -0.444 e. The van der Waals surface area contributed by atoms with Crippen LogP contribution in [-0.2, 0) is 25.7 Å². The molecular weight excluding hydrogens is 574 g/mol. The van der Waals surface area contributed by atoms with Crippen LogP contribution in [0.5, 0.6) is 0 Å². The van der Waals surface area contributed by atoms with Crippen LogP contribution in [-0.4, -0.2) is 73.9 Å². The highest BCUT2D eigenvalue weighted by molar-refractivity contribution is 7.91. The van der Waals surface area contributed by atoms with Crippen molar-refractivity contribution in [2.75, 3.05) is 37.6 Å². The first-order valence-corrected chi connectivity index (χ1v) is 15.0. The molecular formula is C26H31F4N3O5S2. The molecule has 0 saturated carbocycles. The second-order valence-corrected chi connectivity index (χ2v) is 14.2. The molecule has 0 N–H and O–H groups in total. The summed E-state index contributed by atoms with van der Waals surface area (Å²) < 4.78 is 87.7. The molecule has 3 heterocycles. The summed E-state index contributed by atoms with van der Waals surface area (Å²) in [6.07, 6.45) is -5.02. The summed E-state index contributed by atoms with van der Waals surface area (Å²) in [6, 6.07) is 4.81. The van der Waals surface area contributed by atoms with E-state index in [1.165, 1.54) is 20.2 Å². The van der Waals surface area contributed by atoms with Crippen molar-refractivity contribution in [3.8, 4) is 0 Å². The van der Waals surface area contributed by atoms with Gasteiger partial charge in [-0.15, -0.1) is 11.3 Å². The molecule has 2 atom stereocenters. The Hall–Kier alpha value is -2.71. The Balaban J connectivity index is 1.45. The van der Waals surface area contributed by atoms with Gasteiger partial charge in [-0.25, -0.2) is 17.6 Å². The number of likely N-dealkylation sites (tertiary alicyclic amines) is 1. The number of amides is 1. The van der Waals surface area contributed by atoms with Gasteiger partial charge in [-0.3, -0.25) is 4.79 Å². The third-order valence-electron chi connectivity index (χ3n) is 6.75. The highest BCUT2D eigenvalue weighted by Gasteiger charge is 2.40. The number of alkyl halides is 3. The summed E-state index contributed by atoms with van der Waals surface area (Å²) in [6.45, 7) is 6.84. The molecule has 14 heteroatoms. The Labute approximate surface area is 234 Å². The van der Waals surface area contributed by atoms with E-state index in [1.54, 1.807) is 33.8 Å². The fraction of sp³-hybridized carbons (Fsp3) is 0.538. The molecule has 40 heavy (non-hydrogen) atoms. The number of halogens is 4. The number of piperazine rings is 1. The third kappa shape index (κ3) is 6.44. The number of sulfonamides is 1. The highest BCUT2D eigenvalue weighted by atomic mass is 32.2. The molecule has 2 aromatic rings. The molecule has 2 aliphatic heterocycles. The van der Waals surface area contributed by atoms with Gasteiger partial charge in [-0.2, -0.15) is 17.5 Å². The zero-order chi connectivity index (χ0) is 29.6. The molecule has 2 saturated heterocycles. The Morgan fingerprint density at radius 2 is 1.77 bits per heavy atom. The maximum absolute atomic E-state index is 13.6. The lowest BCUT2D eigenvalue weighted by atomic mass is 9.94. The number of benzene rings is 1. The molecule has 1 amide bonds. The average molecular weight is 606 g/mol. The van der Waals surface area contributed by atoms with E-state index < -0.39 is 51.2 Å². The lowest BCUT2D eigenvalue weighted by Crippen LogP contribution is -2.54. The SMILES string of the molecule is CC1CN(c2ccc(F)cc2C(F)(F)F)CCN1S(=O)(=O)c1ccc(C2CCN(C(=O)OC(C)(C)C)CC2=O)s1. The van der Waals surface area contributed by atoms with E-state index in [1.807, 2.05) is 0 Å². The van der Waals surface area contributed by atoms with Gasteiger partial charge in [0.1, 0.15) is 15.6 Å². The Morgan fingerprint density at radius 1 is 1.07 bits per heavy atom. The van der Waals surface area contributed by atoms with Crippen molar-refractivity contribution in [2.45, 2.75) is 62.1 Å². The number of hydrogen-bond donors (Lipinski definition) is 0. The van der Waals surface area contributed by atoms with E-state index in [9.17, 15) is 35.6 Å². The first-order chi connectivity index (χ1) is 18.5. The minimum atomic E-state index is -4.77. The lowest BCUT2D eigenvalue weighted by molar-refractivity contribution is -0.137. The number of carbonyl (C=O) groups is 2. The van der Waals surface area contributed by atoms with Gasteiger partial charge < -0.3 is 14.5 Å². The third-order valence-corrected chi connectivity index (χ3v) is 10.4. The van der Waals surface area contributed by atoms with Gasteiger partial charge >= 0.3 is 12.3 Å². The summed E-state index contributed by atoms with van der Waals surface area (Å²) in [5.41, 5.74) is -2.01. The predicted molar refractivity (Wildman–Crippen MR) is 141 cm³/mol. The van der Waals surface area contributed by atoms with Gasteiger partial charge in [0.15, 0.2) is 5.78 Å². The molecule has 0 aliphatic carbocycles. The van der Waals surface area contributed by atoms with Gasteiger partial charge in [0, 0.05) is 42.8 Å². The van der Waals surface area contributed by atoms with E-state index in [0.717, 1.165) is 23.5 Å². The van der Waals surface area contributed by atoms with Crippen molar-refractivity contribution in [2.24, 2.45) is 0 Å². The van der Waals surface area contributed by atoms with Crippen LogP contribution in [0.25, 0.3) is 0 Å². The zero-order valence-corrected chi connectivity index (χ0v) is 24.1. The topological polar surface area (TPSA) is 87.2 Å². The summed E-state index contributed by atoms with van der Waals surface area (Å²) >= 11 is 0.981. The number of ether oxygens (including phenoxy) is 1. The predicted octanol–water partition coefficient (Wildman–Crippen LogP) is 5.10. The maximum atomic E-state index is 13.6.